The summed E-state index contributed by atoms with van der Waals surface area (Å²) in [5.41, 5.74) is 0.293. The second kappa shape index (κ2) is 4.73. The Kier molecular flexibility index (Phi) is 4.20. The lowest BCUT2D eigenvalue weighted by atomic mass is 10.2. The van der Waals surface area contributed by atoms with E-state index in [1.807, 2.05) is 0 Å². The van der Waals surface area contributed by atoms with Crippen molar-refractivity contribution >= 4 is 12.3 Å². The first-order valence-electron chi connectivity index (χ1n) is 3.02. The van der Waals surface area contributed by atoms with Crippen LogP contribution in [0.4, 0.5) is 0 Å². The Balaban J connectivity index is 3.68. The molecule has 0 heterocycles. The molecule has 0 aliphatic carbocycles. The van der Waals surface area contributed by atoms with E-state index in [1.165, 1.54) is 13.0 Å². The van der Waals surface area contributed by atoms with Crippen LogP contribution in [0.3, 0.4) is 0 Å². The van der Waals surface area contributed by atoms with E-state index in [0.29, 0.717) is 18.4 Å². The molecule has 0 aromatic heterocycles. The number of rotatable bonds is 4. The molecule has 3 heteroatoms. The highest BCUT2D eigenvalue weighted by Gasteiger charge is 1.96. The lowest BCUT2D eigenvalue weighted by Gasteiger charge is -1.89. The average molecular weight is 142 g/mol. The highest BCUT2D eigenvalue weighted by molar-refractivity contribution is 5.85. The highest BCUT2D eigenvalue weighted by Crippen LogP contribution is 1.96. The molecule has 0 bridgehead atoms. The van der Waals surface area contributed by atoms with E-state index in [-0.39, 0.29) is 0 Å². The molecule has 0 radical (unpaired) electrons. The molecule has 10 heavy (non-hydrogen) atoms. The van der Waals surface area contributed by atoms with Gasteiger partial charge in [0, 0.05) is 12.0 Å². The Labute approximate surface area is 59.4 Å². The number of allylic oxidation sites excluding steroid dienone is 1. The molecular formula is C7H10O3. The Morgan fingerprint density at radius 3 is 2.50 bits per heavy atom. The maximum Gasteiger partial charge on any atom is 0.330 e. The van der Waals surface area contributed by atoms with Gasteiger partial charge in [-0.2, -0.15) is 0 Å². The quantitative estimate of drug-likeness (QED) is 0.362. The summed E-state index contributed by atoms with van der Waals surface area (Å²) in [6.07, 6.45) is 3.22. The van der Waals surface area contributed by atoms with Gasteiger partial charge in [0.2, 0.25) is 0 Å². The lowest BCUT2D eigenvalue weighted by molar-refractivity contribution is -0.132. The summed E-state index contributed by atoms with van der Waals surface area (Å²) < 4.78 is 0. The van der Waals surface area contributed by atoms with Gasteiger partial charge in [0.15, 0.2) is 0 Å². The number of aliphatic carboxylic acids is 1. The summed E-state index contributed by atoms with van der Waals surface area (Å²) in [4.78, 5) is 19.9. The number of carboxylic acids is 1. The van der Waals surface area contributed by atoms with Gasteiger partial charge in [-0.3, -0.25) is 0 Å². The van der Waals surface area contributed by atoms with Gasteiger partial charge < -0.3 is 9.90 Å². The number of aldehydes is 1. The third-order valence-corrected chi connectivity index (χ3v) is 1.07. The van der Waals surface area contributed by atoms with E-state index in [9.17, 15) is 9.59 Å². The highest BCUT2D eigenvalue weighted by atomic mass is 16.4. The molecule has 0 amide bonds. The Hall–Kier alpha value is -1.12. The van der Waals surface area contributed by atoms with E-state index in [1.54, 1.807) is 0 Å². The van der Waals surface area contributed by atoms with Gasteiger partial charge in [0.05, 0.1) is 0 Å². The first-order chi connectivity index (χ1) is 4.68. The summed E-state index contributed by atoms with van der Waals surface area (Å²) in [5.74, 6) is -0.925. The maximum absolute atomic E-state index is 10.1. The zero-order valence-corrected chi connectivity index (χ0v) is 5.83. The van der Waals surface area contributed by atoms with E-state index in [4.69, 9.17) is 5.11 Å². The largest absolute Gasteiger partial charge is 0.478 e. The summed E-state index contributed by atoms with van der Waals surface area (Å²) >= 11 is 0. The fourth-order valence-electron chi connectivity index (χ4n) is 0.455. The van der Waals surface area contributed by atoms with Gasteiger partial charge in [0.25, 0.3) is 0 Å². The van der Waals surface area contributed by atoms with Crippen molar-refractivity contribution in [1.82, 2.24) is 0 Å². The van der Waals surface area contributed by atoms with Crippen molar-refractivity contribution in [2.45, 2.75) is 19.8 Å². The number of unbranched alkanes of at least 4 members (excludes halogenated alkanes) is 1. The zero-order chi connectivity index (χ0) is 7.98. The summed E-state index contributed by atoms with van der Waals surface area (Å²) in [6, 6.07) is 0. The standard InChI is InChI=1S/C7H10O3/c1-6(7(9)10)4-2-3-5-8/h4-5H,2-3H2,1H3,(H,9,10). The van der Waals surface area contributed by atoms with Crippen molar-refractivity contribution in [3.63, 3.8) is 0 Å². The first-order valence-corrected chi connectivity index (χ1v) is 3.02. The number of carbonyl (C=O) groups is 2. The number of carboxylic acid groups (broad SMARTS) is 1. The van der Waals surface area contributed by atoms with Crippen LogP contribution in [0.25, 0.3) is 0 Å². The van der Waals surface area contributed by atoms with Crippen LogP contribution in [0.15, 0.2) is 11.6 Å². The van der Waals surface area contributed by atoms with Crippen LogP contribution in [0.2, 0.25) is 0 Å². The predicted octanol–water partition coefficient (Wildman–Crippen LogP) is 0.996. The van der Waals surface area contributed by atoms with Gasteiger partial charge in [-0.1, -0.05) is 6.08 Å². The van der Waals surface area contributed by atoms with Crippen molar-refractivity contribution in [3.8, 4) is 0 Å². The van der Waals surface area contributed by atoms with Gasteiger partial charge in [-0.15, -0.1) is 0 Å². The summed E-state index contributed by atoms with van der Waals surface area (Å²) in [6.45, 7) is 1.51. The topological polar surface area (TPSA) is 54.4 Å². The van der Waals surface area contributed by atoms with Crippen molar-refractivity contribution in [2.75, 3.05) is 0 Å². The van der Waals surface area contributed by atoms with Gasteiger partial charge in [-0.25, -0.2) is 4.79 Å². The molecule has 0 aliphatic rings. The van der Waals surface area contributed by atoms with E-state index >= 15 is 0 Å². The monoisotopic (exact) mass is 142 g/mol. The second-order valence-corrected chi connectivity index (χ2v) is 1.94. The SMILES string of the molecule is CC(=CCCC=O)C(=O)O. The minimum absolute atomic E-state index is 0.293. The Morgan fingerprint density at radius 2 is 2.10 bits per heavy atom. The summed E-state index contributed by atoms with van der Waals surface area (Å²) in [7, 11) is 0. The third-order valence-electron chi connectivity index (χ3n) is 1.07. The molecule has 0 saturated carbocycles. The van der Waals surface area contributed by atoms with Gasteiger partial charge >= 0.3 is 5.97 Å². The minimum atomic E-state index is -0.925. The molecule has 3 nitrogen and oxygen atoms in total. The van der Waals surface area contributed by atoms with Crippen LogP contribution in [-0.4, -0.2) is 17.4 Å². The summed E-state index contributed by atoms with van der Waals surface area (Å²) in [5, 5.41) is 8.32. The maximum atomic E-state index is 10.1. The van der Waals surface area contributed by atoms with Crippen molar-refractivity contribution in [1.29, 1.82) is 0 Å². The Morgan fingerprint density at radius 1 is 1.50 bits per heavy atom. The molecule has 0 rings (SSSR count). The second-order valence-electron chi connectivity index (χ2n) is 1.94. The van der Waals surface area contributed by atoms with E-state index in [0.717, 1.165) is 6.29 Å². The molecule has 0 unspecified atom stereocenters. The van der Waals surface area contributed by atoms with Crippen LogP contribution < -0.4 is 0 Å². The number of carbonyl (C=O) groups excluding carboxylic acids is 1. The van der Waals surface area contributed by atoms with Crippen molar-refractivity contribution in [2.24, 2.45) is 0 Å². The van der Waals surface area contributed by atoms with Crippen molar-refractivity contribution in [3.05, 3.63) is 11.6 Å². The van der Waals surface area contributed by atoms with Crippen LogP contribution in [0.1, 0.15) is 19.8 Å². The van der Waals surface area contributed by atoms with Crippen LogP contribution in [0, 0.1) is 0 Å². The molecule has 56 valence electrons. The van der Waals surface area contributed by atoms with E-state index < -0.39 is 5.97 Å². The smallest absolute Gasteiger partial charge is 0.330 e. The van der Waals surface area contributed by atoms with Crippen LogP contribution in [0.5, 0.6) is 0 Å². The fraction of sp³-hybridized carbons (Fsp3) is 0.429. The lowest BCUT2D eigenvalue weighted by Crippen LogP contribution is -1.95. The molecule has 1 N–H and O–H groups in total. The van der Waals surface area contributed by atoms with Crippen LogP contribution >= 0.6 is 0 Å². The molecular weight excluding hydrogens is 132 g/mol. The molecule has 0 aromatic rings. The average Bonchev–Trinajstić information content (AvgIpc) is 1.88. The molecule has 0 fully saturated rings. The number of hydrogen-bond acceptors (Lipinski definition) is 2. The van der Waals surface area contributed by atoms with E-state index in [2.05, 4.69) is 0 Å². The molecule has 0 aliphatic heterocycles. The molecule has 0 atom stereocenters. The zero-order valence-electron chi connectivity index (χ0n) is 5.83. The van der Waals surface area contributed by atoms with Crippen LogP contribution in [-0.2, 0) is 9.59 Å². The number of hydrogen-bond donors (Lipinski definition) is 1. The molecule has 0 spiro atoms. The van der Waals surface area contributed by atoms with Crippen molar-refractivity contribution < 1.29 is 14.7 Å². The van der Waals surface area contributed by atoms with Gasteiger partial charge in [0.1, 0.15) is 6.29 Å². The van der Waals surface area contributed by atoms with Gasteiger partial charge in [-0.05, 0) is 13.3 Å². The molecule has 0 aromatic carbocycles. The molecule has 0 saturated heterocycles. The predicted molar refractivity (Wildman–Crippen MR) is 36.7 cm³/mol. The fourth-order valence-corrected chi connectivity index (χ4v) is 0.455. The normalized spacial score (nSPS) is 11.1. The first kappa shape index (κ1) is 8.88. The minimum Gasteiger partial charge on any atom is -0.478 e. The third kappa shape index (κ3) is 3.83. The Bertz CT molecular complexity index is 158.